The van der Waals surface area contributed by atoms with Gasteiger partial charge in [0.05, 0.1) is 11.1 Å². The van der Waals surface area contributed by atoms with Crippen LogP contribution in [0.2, 0.25) is 0 Å². The molecular weight excluding hydrogens is 324 g/mol. The van der Waals surface area contributed by atoms with Gasteiger partial charge in [-0.1, -0.05) is 0 Å². The fourth-order valence-electron chi connectivity index (χ4n) is 1.27. The molecule has 100 valence electrons. The SMILES string of the molecule is O=C(NCCCOCCCl)c1ccc(Br)c(F)c1. The van der Waals surface area contributed by atoms with Crippen LogP contribution in [0.25, 0.3) is 0 Å². The van der Waals surface area contributed by atoms with Gasteiger partial charge in [0, 0.05) is 24.6 Å². The minimum Gasteiger partial charge on any atom is -0.380 e. The quantitative estimate of drug-likeness (QED) is 0.613. The van der Waals surface area contributed by atoms with Crippen molar-refractivity contribution < 1.29 is 13.9 Å². The highest BCUT2D eigenvalue weighted by molar-refractivity contribution is 9.10. The van der Waals surface area contributed by atoms with Crippen LogP contribution in [0.5, 0.6) is 0 Å². The lowest BCUT2D eigenvalue weighted by Crippen LogP contribution is -2.25. The van der Waals surface area contributed by atoms with Crippen molar-refractivity contribution in [1.82, 2.24) is 5.32 Å². The van der Waals surface area contributed by atoms with Gasteiger partial charge in [0.1, 0.15) is 5.82 Å². The minimum atomic E-state index is -0.451. The second-order valence-electron chi connectivity index (χ2n) is 3.54. The molecule has 1 amide bonds. The summed E-state index contributed by atoms with van der Waals surface area (Å²) >= 11 is 8.47. The van der Waals surface area contributed by atoms with E-state index in [2.05, 4.69) is 21.2 Å². The summed E-state index contributed by atoms with van der Waals surface area (Å²) in [5.74, 6) is -0.281. The van der Waals surface area contributed by atoms with Gasteiger partial charge in [-0.3, -0.25) is 4.79 Å². The summed E-state index contributed by atoms with van der Waals surface area (Å²) in [5.41, 5.74) is 0.303. The summed E-state index contributed by atoms with van der Waals surface area (Å²) in [6, 6.07) is 4.27. The zero-order valence-corrected chi connectivity index (χ0v) is 12.1. The van der Waals surface area contributed by atoms with Gasteiger partial charge in [-0.15, -0.1) is 11.6 Å². The summed E-state index contributed by atoms with van der Waals surface area (Å²) in [6.07, 6.45) is 0.696. The van der Waals surface area contributed by atoms with Gasteiger partial charge in [-0.25, -0.2) is 4.39 Å². The number of ether oxygens (including phenoxy) is 1. The van der Waals surface area contributed by atoms with Gasteiger partial charge >= 0.3 is 0 Å². The van der Waals surface area contributed by atoms with E-state index in [1.165, 1.54) is 12.1 Å². The summed E-state index contributed by atoms with van der Waals surface area (Å²) < 4.78 is 18.7. The number of halogens is 3. The zero-order valence-electron chi connectivity index (χ0n) is 9.72. The number of benzene rings is 1. The van der Waals surface area contributed by atoms with Crippen LogP contribution in [-0.2, 0) is 4.74 Å². The maximum absolute atomic E-state index is 13.2. The Morgan fingerprint density at radius 3 is 2.89 bits per heavy atom. The Hall–Kier alpha value is -0.650. The monoisotopic (exact) mass is 337 g/mol. The summed E-state index contributed by atoms with van der Waals surface area (Å²) in [4.78, 5) is 11.6. The predicted molar refractivity (Wildman–Crippen MR) is 72.6 cm³/mol. The molecule has 0 fully saturated rings. The lowest BCUT2D eigenvalue weighted by Gasteiger charge is -2.06. The summed E-state index contributed by atoms with van der Waals surface area (Å²) in [6.45, 7) is 1.54. The molecule has 0 bridgehead atoms. The molecule has 0 spiro atoms. The normalized spacial score (nSPS) is 10.4. The van der Waals surface area contributed by atoms with Crippen molar-refractivity contribution in [2.45, 2.75) is 6.42 Å². The Morgan fingerprint density at radius 2 is 2.22 bits per heavy atom. The summed E-state index contributed by atoms with van der Waals surface area (Å²) in [7, 11) is 0. The highest BCUT2D eigenvalue weighted by Crippen LogP contribution is 2.16. The number of rotatable bonds is 7. The molecular formula is C12H14BrClFNO2. The number of hydrogen-bond acceptors (Lipinski definition) is 2. The Balaban J connectivity index is 2.30. The van der Waals surface area contributed by atoms with Crippen molar-refractivity contribution in [3.8, 4) is 0 Å². The molecule has 0 radical (unpaired) electrons. The lowest BCUT2D eigenvalue weighted by atomic mass is 10.2. The van der Waals surface area contributed by atoms with E-state index in [0.29, 0.717) is 42.1 Å². The van der Waals surface area contributed by atoms with E-state index in [1.807, 2.05) is 0 Å². The predicted octanol–water partition coefficient (Wildman–Crippen LogP) is 2.96. The number of hydrogen-bond donors (Lipinski definition) is 1. The van der Waals surface area contributed by atoms with Gasteiger partial charge in [0.2, 0.25) is 0 Å². The second-order valence-corrected chi connectivity index (χ2v) is 4.77. The van der Waals surface area contributed by atoms with Crippen LogP contribution in [0.1, 0.15) is 16.8 Å². The summed E-state index contributed by atoms with van der Waals surface area (Å²) in [5, 5.41) is 2.69. The first-order valence-electron chi connectivity index (χ1n) is 5.52. The van der Waals surface area contributed by atoms with Gasteiger partial charge in [0.15, 0.2) is 0 Å². The first-order chi connectivity index (χ1) is 8.65. The molecule has 18 heavy (non-hydrogen) atoms. The van der Waals surface area contributed by atoms with Crippen LogP contribution in [-0.4, -0.2) is 31.5 Å². The average molecular weight is 339 g/mol. The van der Waals surface area contributed by atoms with E-state index in [4.69, 9.17) is 16.3 Å². The largest absolute Gasteiger partial charge is 0.380 e. The topological polar surface area (TPSA) is 38.3 Å². The average Bonchev–Trinajstić information content (AvgIpc) is 2.36. The second kappa shape index (κ2) is 8.45. The third-order valence-corrected chi connectivity index (χ3v) is 2.95. The van der Waals surface area contributed by atoms with Crippen molar-refractivity contribution in [3.05, 3.63) is 34.1 Å². The van der Waals surface area contributed by atoms with Crippen LogP contribution >= 0.6 is 27.5 Å². The maximum atomic E-state index is 13.2. The van der Waals surface area contributed by atoms with Gasteiger partial charge in [-0.05, 0) is 40.5 Å². The molecule has 0 aromatic heterocycles. The maximum Gasteiger partial charge on any atom is 0.251 e. The number of alkyl halides is 1. The lowest BCUT2D eigenvalue weighted by molar-refractivity contribution is 0.0944. The third kappa shape index (κ3) is 5.33. The van der Waals surface area contributed by atoms with E-state index in [0.717, 1.165) is 0 Å². The van der Waals surface area contributed by atoms with Crippen molar-refractivity contribution in [2.75, 3.05) is 25.6 Å². The van der Waals surface area contributed by atoms with Crippen LogP contribution in [0, 0.1) is 5.82 Å². The fourth-order valence-corrected chi connectivity index (χ4v) is 1.63. The molecule has 1 rings (SSSR count). The first-order valence-corrected chi connectivity index (χ1v) is 6.85. The standard InChI is InChI=1S/C12H14BrClFNO2/c13-10-3-2-9(8-11(10)15)12(17)16-5-1-6-18-7-4-14/h2-3,8H,1,4-7H2,(H,16,17). The minimum absolute atomic E-state index is 0.293. The molecule has 0 atom stereocenters. The first kappa shape index (κ1) is 15.4. The molecule has 1 aromatic rings. The van der Waals surface area contributed by atoms with Gasteiger partial charge < -0.3 is 10.1 Å². The van der Waals surface area contributed by atoms with Gasteiger partial charge in [-0.2, -0.15) is 0 Å². The zero-order chi connectivity index (χ0) is 13.4. The van der Waals surface area contributed by atoms with Crippen molar-refractivity contribution in [1.29, 1.82) is 0 Å². The highest BCUT2D eigenvalue weighted by atomic mass is 79.9. The highest BCUT2D eigenvalue weighted by Gasteiger charge is 2.07. The van der Waals surface area contributed by atoms with Crippen molar-refractivity contribution in [2.24, 2.45) is 0 Å². The van der Waals surface area contributed by atoms with Crippen molar-refractivity contribution >= 4 is 33.4 Å². The fraction of sp³-hybridized carbons (Fsp3) is 0.417. The molecule has 0 heterocycles. The molecule has 0 unspecified atom stereocenters. The van der Waals surface area contributed by atoms with E-state index in [1.54, 1.807) is 6.07 Å². The van der Waals surface area contributed by atoms with E-state index < -0.39 is 5.82 Å². The number of carbonyl (C=O) groups is 1. The van der Waals surface area contributed by atoms with E-state index >= 15 is 0 Å². The number of carbonyl (C=O) groups excluding carboxylic acids is 1. The molecule has 0 saturated heterocycles. The Morgan fingerprint density at radius 1 is 1.44 bits per heavy atom. The third-order valence-electron chi connectivity index (χ3n) is 2.15. The Labute approximate surface area is 119 Å². The Bertz CT molecular complexity index is 404. The van der Waals surface area contributed by atoms with E-state index in [-0.39, 0.29) is 5.91 Å². The Kier molecular flexibility index (Phi) is 7.23. The number of nitrogens with one attached hydrogen (secondary N) is 1. The van der Waals surface area contributed by atoms with Crippen LogP contribution in [0.15, 0.2) is 22.7 Å². The smallest absolute Gasteiger partial charge is 0.251 e. The van der Waals surface area contributed by atoms with Crippen LogP contribution < -0.4 is 5.32 Å². The molecule has 3 nitrogen and oxygen atoms in total. The van der Waals surface area contributed by atoms with Gasteiger partial charge in [0.25, 0.3) is 5.91 Å². The molecule has 0 aliphatic heterocycles. The van der Waals surface area contributed by atoms with E-state index in [9.17, 15) is 9.18 Å². The molecule has 6 heteroatoms. The number of amides is 1. The molecule has 0 saturated carbocycles. The van der Waals surface area contributed by atoms with Crippen LogP contribution in [0.3, 0.4) is 0 Å². The molecule has 1 N–H and O–H groups in total. The molecule has 1 aromatic carbocycles. The van der Waals surface area contributed by atoms with Crippen LogP contribution in [0.4, 0.5) is 4.39 Å². The molecule has 0 aliphatic rings. The molecule has 0 aliphatic carbocycles. The van der Waals surface area contributed by atoms with Crippen molar-refractivity contribution in [3.63, 3.8) is 0 Å².